The molecule has 3 aromatic rings. The van der Waals surface area contributed by atoms with Crippen molar-refractivity contribution in [2.24, 2.45) is 0 Å². The Labute approximate surface area is 204 Å². The van der Waals surface area contributed by atoms with Crippen LogP contribution in [0.5, 0.6) is 0 Å². The van der Waals surface area contributed by atoms with E-state index in [4.69, 9.17) is 0 Å². The number of hydrogen-bond donors (Lipinski definition) is 2. The second kappa shape index (κ2) is 10.9. The average Bonchev–Trinajstić information content (AvgIpc) is 3.37. The molecule has 176 valence electrons. The Hall–Kier alpha value is -3.70. The van der Waals surface area contributed by atoms with Crippen LogP contribution in [0.1, 0.15) is 55.7 Å². The predicted molar refractivity (Wildman–Crippen MR) is 136 cm³/mol. The van der Waals surface area contributed by atoms with Crippen molar-refractivity contribution < 1.29 is 9.59 Å². The van der Waals surface area contributed by atoms with Crippen LogP contribution in [0.15, 0.2) is 41.3 Å². The van der Waals surface area contributed by atoms with E-state index in [1.54, 1.807) is 6.08 Å². The van der Waals surface area contributed by atoms with Crippen molar-refractivity contribution >= 4 is 34.4 Å². The van der Waals surface area contributed by atoms with Gasteiger partial charge < -0.3 is 9.88 Å². The monoisotopic (exact) mass is 475 g/mol. The molecular formula is C26H29N5O2S. The second-order valence-corrected chi connectivity index (χ2v) is 9.04. The maximum atomic E-state index is 12.8. The largest absolute Gasteiger partial charge is 0.350 e. The zero-order chi connectivity index (χ0) is 24.8. The van der Waals surface area contributed by atoms with Gasteiger partial charge in [0.2, 0.25) is 5.91 Å². The summed E-state index contributed by atoms with van der Waals surface area (Å²) in [5, 5.41) is 17.5. The molecule has 0 aliphatic rings. The number of thiazole rings is 1. The number of nitrogens with one attached hydrogen (secondary N) is 2. The van der Waals surface area contributed by atoms with Gasteiger partial charge in [-0.25, -0.2) is 4.98 Å². The van der Waals surface area contributed by atoms with Crippen LogP contribution in [-0.4, -0.2) is 21.4 Å². The molecule has 0 radical (unpaired) electrons. The molecule has 0 bridgehead atoms. The summed E-state index contributed by atoms with van der Waals surface area (Å²) in [6.45, 7) is 10.5. The number of carbonyl (C=O) groups is 2. The molecule has 2 aromatic heterocycles. The molecule has 1 aromatic carbocycles. The first-order valence-electron chi connectivity index (χ1n) is 11.2. The summed E-state index contributed by atoms with van der Waals surface area (Å²) >= 11 is 1.30. The smallest absolute Gasteiger partial charge is 0.268 e. The van der Waals surface area contributed by atoms with Crippen molar-refractivity contribution in [2.45, 2.75) is 53.6 Å². The molecule has 2 N–H and O–H groups in total. The van der Waals surface area contributed by atoms with Crippen LogP contribution in [-0.2, 0) is 16.1 Å². The van der Waals surface area contributed by atoms with Crippen molar-refractivity contribution in [3.63, 3.8) is 0 Å². The van der Waals surface area contributed by atoms with E-state index in [9.17, 15) is 14.9 Å². The molecule has 0 aliphatic carbocycles. The fourth-order valence-corrected chi connectivity index (χ4v) is 4.52. The van der Waals surface area contributed by atoms with Crippen LogP contribution < -0.4 is 10.6 Å². The van der Waals surface area contributed by atoms with Gasteiger partial charge in [0, 0.05) is 35.8 Å². The van der Waals surface area contributed by atoms with Crippen LogP contribution in [0.4, 0.5) is 5.13 Å². The third kappa shape index (κ3) is 5.80. The molecule has 1 unspecified atom stereocenters. The van der Waals surface area contributed by atoms with E-state index in [0.717, 1.165) is 46.7 Å². The van der Waals surface area contributed by atoms with Crippen LogP contribution in [0.2, 0.25) is 0 Å². The average molecular weight is 476 g/mol. The highest BCUT2D eigenvalue weighted by Gasteiger charge is 2.15. The number of amides is 2. The van der Waals surface area contributed by atoms with E-state index < -0.39 is 5.91 Å². The Balaban J connectivity index is 1.73. The minimum absolute atomic E-state index is 0.0322. The summed E-state index contributed by atoms with van der Waals surface area (Å²) in [4.78, 5) is 28.5. The molecule has 0 spiro atoms. The number of nitriles is 1. The van der Waals surface area contributed by atoms with Crippen molar-refractivity contribution in [2.75, 3.05) is 5.32 Å². The number of hydrogen-bond acceptors (Lipinski definition) is 5. The highest BCUT2D eigenvalue weighted by Crippen LogP contribution is 2.27. The summed E-state index contributed by atoms with van der Waals surface area (Å²) in [5.41, 5.74) is 5.65. The van der Waals surface area contributed by atoms with Crippen molar-refractivity contribution in [1.82, 2.24) is 14.9 Å². The minimum atomic E-state index is -0.483. The van der Waals surface area contributed by atoms with Gasteiger partial charge in [-0.15, -0.1) is 11.3 Å². The summed E-state index contributed by atoms with van der Waals surface area (Å²) in [5.74, 6) is -0.561. The summed E-state index contributed by atoms with van der Waals surface area (Å²) in [6.07, 6.45) is 2.64. The summed E-state index contributed by atoms with van der Waals surface area (Å²) in [7, 11) is 0. The van der Waals surface area contributed by atoms with Crippen molar-refractivity contribution in [1.29, 1.82) is 5.26 Å². The van der Waals surface area contributed by atoms with Crippen molar-refractivity contribution in [3.05, 3.63) is 63.8 Å². The van der Waals surface area contributed by atoms with Gasteiger partial charge in [0.1, 0.15) is 11.6 Å². The molecule has 0 saturated carbocycles. The zero-order valence-corrected chi connectivity index (χ0v) is 20.9. The van der Waals surface area contributed by atoms with Gasteiger partial charge in [-0.05, 0) is 50.5 Å². The number of nitrogens with zero attached hydrogens (tertiary/aromatic N) is 3. The molecule has 2 heterocycles. The summed E-state index contributed by atoms with van der Waals surface area (Å²) in [6, 6.07) is 11.7. The maximum absolute atomic E-state index is 12.8. The van der Waals surface area contributed by atoms with Gasteiger partial charge in [0.15, 0.2) is 5.13 Å². The van der Waals surface area contributed by atoms with E-state index >= 15 is 0 Å². The fraction of sp³-hybridized carbons (Fsp3) is 0.308. The zero-order valence-electron chi connectivity index (χ0n) is 20.1. The topological polar surface area (TPSA) is 99.8 Å². The highest BCUT2D eigenvalue weighted by molar-refractivity contribution is 7.14. The molecule has 0 aliphatic heterocycles. The van der Waals surface area contributed by atoms with Gasteiger partial charge >= 0.3 is 0 Å². The van der Waals surface area contributed by atoms with Gasteiger partial charge in [-0.1, -0.05) is 31.2 Å². The first kappa shape index (κ1) is 24.9. The SMILES string of the molecule is CCCn1c(C)cc(/C=C(/C#N)C(=O)Nc2nc(-c3ccc(C(C)NC(C)=O)cc3)cs2)c1C. The third-order valence-electron chi connectivity index (χ3n) is 5.58. The first-order chi connectivity index (χ1) is 16.2. The Kier molecular flexibility index (Phi) is 8.03. The van der Waals surface area contributed by atoms with Crippen LogP contribution >= 0.6 is 11.3 Å². The Bertz CT molecular complexity index is 1260. The van der Waals surface area contributed by atoms with Gasteiger partial charge in [-0.3, -0.25) is 14.9 Å². The number of carbonyl (C=O) groups excluding carboxylic acids is 2. The Morgan fingerprint density at radius 1 is 1.26 bits per heavy atom. The highest BCUT2D eigenvalue weighted by atomic mass is 32.1. The molecule has 0 fully saturated rings. The lowest BCUT2D eigenvalue weighted by Crippen LogP contribution is -2.23. The molecule has 34 heavy (non-hydrogen) atoms. The first-order valence-corrected chi connectivity index (χ1v) is 12.0. The quantitative estimate of drug-likeness (QED) is 0.337. The van der Waals surface area contributed by atoms with E-state index in [-0.39, 0.29) is 17.5 Å². The number of aryl methyl sites for hydroxylation is 1. The predicted octanol–water partition coefficient (Wildman–Crippen LogP) is 5.38. The lowest BCUT2D eigenvalue weighted by molar-refractivity contribution is -0.119. The Morgan fingerprint density at radius 2 is 1.97 bits per heavy atom. The van der Waals surface area contributed by atoms with E-state index in [0.29, 0.717) is 5.13 Å². The van der Waals surface area contributed by atoms with E-state index in [2.05, 4.69) is 27.1 Å². The Morgan fingerprint density at radius 3 is 2.59 bits per heavy atom. The maximum Gasteiger partial charge on any atom is 0.268 e. The number of rotatable bonds is 8. The van der Waals surface area contributed by atoms with Gasteiger partial charge in [0.25, 0.3) is 5.91 Å². The van der Waals surface area contributed by atoms with Gasteiger partial charge in [-0.2, -0.15) is 5.26 Å². The normalized spacial score (nSPS) is 12.2. The molecule has 1 atom stereocenters. The van der Waals surface area contributed by atoms with Gasteiger partial charge in [0.05, 0.1) is 11.7 Å². The molecule has 3 rings (SSSR count). The minimum Gasteiger partial charge on any atom is -0.350 e. The van der Waals surface area contributed by atoms with Crippen LogP contribution in [0, 0.1) is 25.2 Å². The van der Waals surface area contributed by atoms with E-state index in [1.807, 2.05) is 62.6 Å². The lowest BCUT2D eigenvalue weighted by Gasteiger charge is -2.12. The van der Waals surface area contributed by atoms with E-state index in [1.165, 1.54) is 18.3 Å². The molecule has 2 amide bonds. The van der Waals surface area contributed by atoms with Crippen LogP contribution in [0.25, 0.3) is 17.3 Å². The lowest BCUT2D eigenvalue weighted by atomic mass is 10.1. The molecule has 8 heteroatoms. The van der Waals surface area contributed by atoms with Crippen molar-refractivity contribution in [3.8, 4) is 17.3 Å². The fourth-order valence-electron chi connectivity index (χ4n) is 3.80. The number of aromatic nitrogens is 2. The molecule has 0 saturated heterocycles. The number of benzene rings is 1. The third-order valence-corrected chi connectivity index (χ3v) is 6.33. The summed E-state index contributed by atoms with van der Waals surface area (Å²) < 4.78 is 2.19. The standard InChI is InChI=1S/C26H29N5O2S/c1-6-11-31-16(2)12-22(18(31)4)13-23(14-27)25(33)30-26-29-24(15-34-26)21-9-7-20(8-10-21)17(3)28-19(5)32/h7-10,12-13,15,17H,6,11H2,1-5H3,(H,28,32)(H,29,30,33)/b23-13-. The molecule has 7 nitrogen and oxygen atoms in total. The second-order valence-electron chi connectivity index (χ2n) is 8.18. The molecular weight excluding hydrogens is 446 g/mol. The number of anilines is 1. The van der Waals surface area contributed by atoms with Crippen LogP contribution in [0.3, 0.4) is 0 Å².